The molecule has 0 aliphatic heterocycles. The lowest BCUT2D eigenvalue weighted by molar-refractivity contribution is 0.551. The van der Waals surface area contributed by atoms with Crippen LogP contribution in [0.3, 0.4) is 0 Å². The Labute approximate surface area is 182 Å². The van der Waals surface area contributed by atoms with Gasteiger partial charge in [-0.25, -0.2) is 32.2 Å². The number of sulfonamides is 1. The van der Waals surface area contributed by atoms with Gasteiger partial charge in [0.15, 0.2) is 0 Å². The van der Waals surface area contributed by atoms with Crippen LogP contribution in [-0.4, -0.2) is 23.4 Å². The van der Waals surface area contributed by atoms with E-state index in [0.29, 0.717) is 29.2 Å². The highest BCUT2D eigenvalue weighted by molar-refractivity contribution is 7.92. The number of aromatic nitrogens is 3. The van der Waals surface area contributed by atoms with E-state index in [9.17, 15) is 17.2 Å². The number of benzene rings is 2. The molecule has 0 spiro atoms. The number of anilines is 5. The van der Waals surface area contributed by atoms with E-state index in [2.05, 4.69) is 30.3 Å². The summed E-state index contributed by atoms with van der Waals surface area (Å²) in [4.78, 5) is 11.8. The number of rotatable bonds is 7. The molecule has 11 heteroatoms. The summed E-state index contributed by atoms with van der Waals surface area (Å²) in [6.07, 6.45) is 3.04. The molecule has 2 aromatic carbocycles. The second-order valence-corrected chi connectivity index (χ2v) is 8.16. The summed E-state index contributed by atoms with van der Waals surface area (Å²) in [5.74, 6) is -0.368. The van der Waals surface area contributed by atoms with Crippen molar-refractivity contribution in [3.63, 3.8) is 0 Å². The van der Waals surface area contributed by atoms with E-state index in [-0.39, 0.29) is 5.69 Å². The molecule has 0 radical (unpaired) electrons. The summed E-state index contributed by atoms with van der Waals surface area (Å²) in [6.45, 7) is 0. The number of hydrogen-bond donors (Lipinski definition) is 3. The molecule has 0 saturated heterocycles. The molecule has 32 heavy (non-hydrogen) atoms. The minimum atomic E-state index is -4.21. The van der Waals surface area contributed by atoms with Crippen LogP contribution < -0.4 is 15.4 Å². The van der Waals surface area contributed by atoms with Crippen LogP contribution in [0.25, 0.3) is 0 Å². The van der Waals surface area contributed by atoms with Crippen molar-refractivity contribution in [3.05, 3.63) is 90.9 Å². The van der Waals surface area contributed by atoms with Gasteiger partial charge in [-0.15, -0.1) is 0 Å². The van der Waals surface area contributed by atoms with E-state index in [4.69, 9.17) is 0 Å². The fourth-order valence-corrected chi connectivity index (χ4v) is 3.85. The maximum absolute atomic E-state index is 13.8. The predicted octanol–water partition coefficient (Wildman–Crippen LogP) is 4.44. The van der Waals surface area contributed by atoms with Crippen LogP contribution in [0, 0.1) is 11.6 Å². The highest BCUT2D eigenvalue weighted by atomic mass is 32.2. The molecular weight excluding hydrogens is 438 g/mol. The molecular formula is C21H16F2N6O2S. The third-order valence-corrected chi connectivity index (χ3v) is 5.60. The first kappa shape index (κ1) is 21.1. The molecule has 0 amide bonds. The van der Waals surface area contributed by atoms with Crippen LogP contribution >= 0.6 is 0 Å². The van der Waals surface area contributed by atoms with Crippen molar-refractivity contribution in [2.24, 2.45) is 0 Å². The SMILES string of the molecule is O=S(=O)(Nc1ccc(Nc2cc(Nc3ccccn3)ncn2)cc1)c1ccc(F)cc1F. The first-order valence-electron chi connectivity index (χ1n) is 9.24. The van der Waals surface area contributed by atoms with E-state index < -0.39 is 26.6 Å². The average molecular weight is 454 g/mol. The Balaban J connectivity index is 1.44. The lowest BCUT2D eigenvalue weighted by atomic mass is 10.3. The van der Waals surface area contributed by atoms with Crippen molar-refractivity contribution in [2.45, 2.75) is 4.90 Å². The second-order valence-electron chi connectivity index (χ2n) is 6.51. The van der Waals surface area contributed by atoms with E-state index in [0.717, 1.165) is 12.1 Å². The zero-order valence-corrected chi connectivity index (χ0v) is 17.1. The third kappa shape index (κ3) is 5.13. The number of nitrogens with one attached hydrogen (secondary N) is 3. The van der Waals surface area contributed by atoms with Gasteiger partial charge in [0.1, 0.15) is 40.3 Å². The van der Waals surface area contributed by atoms with Crippen LogP contribution in [0.15, 0.2) is 84.1 Å². The van der Waals surface area contributed by atoms with Crippen molar-refractivity contribution < 1.29 is 17.2 Å². The molecule has 3 N–H and O–H groups in total. The van der Waals surface area contributed by atoms with Gasteiger partial charge in [0, 0.05) is 29.7 Å². The Kier molecular flexibility index (Phi) is 5.90. The Hall–Kier alpha value is -4.12. The molecule has 8 nitrogen and oxygen atoms in total. The summed E-state index contributed by atoms with van der Waals surface area (Å²) in [5, 5.41) is 6.13. The zero-order chi connectivity index (χ0) is 22.6. The van der Waals surface area contributed by atoms with E-state index in [1.807, 2.05) is 6.07 Å². The Morgan fingerprint density at radius 2 is 1.44 bits per heavy atom. The van der Waals surface area contributed by atoms with Crippen LogP contribution in [0.4, 0.5) is 37.6 Å². The molecule has 2 heterocycles. The highest BCUT2D eigenvalue weighted by Crippen LogP contribution is 2.23. The smallest absolute Gasteiger partial charge is 0.264 e. The van der Waals surface area contributed by atoms with Crippen molar-refractivity contribution >= 4 is 38.9 Å². The van der Waals surface area contributed by atoms with E-state index in [1.165, 1.54) is 18.5 Å². The zero-order valence-electron chi connectivity index (χ0n) is 16.3. The van der Waals surface area contributed by atoms with Gasteiger partial charge in [-0.3, -0.25) is 4.72 Å². The third-order valence-electron chi connectivity index (χ3n) is 4.18. The average Bonchev–Trinajstić information content (AvgIpc) is 2.76. The van der Waals surface area contributed by atoms with Crippen LogP contribution in [0.5, 0.6) is 0 Å². The lowest BCUT2D eigenvalue weighted by Crippen LogP contribution is -2.14. The fourth-order valence-electron chi connectivity index (χ4n) is 2.73. The highest BCUT2D eigenvalue weighted by Gasteiger charge is 2.19. The normalized spacial score (nSPS) is 11.1. The van der Waals surface area contributed by atoms with Crippen molar-refractivity contribution in [2.75, 3.05) is 15.4 Å². The van der Waals surface area contributed by atoms with Crippen molar-refractivity contribution in [3.8, 4) is 0 Å². The van der Waals surface area contributed by atoms with Crippen LogP contribution in [0.1, 0.15) is 0 Å². The second kappa shape index (κ2) is 8.94. The summed E-state index contributed by atoms with van der Waals surface area (Å²) < 4.78 is 53.9. The quantitative estimate of drug-likeness (QED) is 0.379. The maximum atomic E-state index is 13.8. The molecule has 0 bridgehead atoms. The number of pyridine rings is 1. The van der Waals surface area contributed by atoms with Crippen molar-refractivity contribution in [1.82, 2.24) is 15.0 Å². The Bertz CT molecular complexity index is 1340. The summed E-state index contributed by atoms with van der Waals surface area (Å²) in [7, 11) is -4.21. The molecule has 4 rings (SSSR count). The molecule has 0 aliphatic carbocycles. The molecule has 0 saturated carbocycles. The molecule has 0 aliphatic rings. The van der Waals surface area contributed by atoms with Gasteiger partial charge in [0.2, 0.25) is 0 Å². The monoisotopic (exact) mass is 454 g/mol. The number of nitrogens with zero attached hydrogens (tertiary/aromatic N) is 3. The topological polar surface area (TPSA) is 109 Å². The van der Waals surface area contributed by atoms with Gasteiger partial charge in [0.25, 0.3) is 10.0 Å². The van der Waals surface area contributed by atoms with Gasteiger partial charge in [0.05, 0.1) is 0 Å². The minimum Gasteiger partial charge on any atom is -0.340 e. The van der Waals surface area contributed by atoms with Crippen LogP contribution in [-0.2, 0) is 10.0 Å². The lowest BCUT2D eigenvalue weighted by Gasteiger charge is -2.11. The minimum absolute atomic E-state index is 0.208. The summed E-state index contributed by atoms with van der Waals surface area (Å²) in [5.41, 5.74) is 0.836. The van der Waals surface area contributed by atoms with Gasteiger partial charge in [-0.1, -0.05) is 6.07 Å². The van der Waals surface area contributed by atoms with Gasteiger partial charge >= 0.3 is 0 Å². The standard InChI is InChI=1S/C21H16F2N6O2S/c22-14-4-9-18(17(23)11-14)32(30,31)29-16-7-5-15(6-8-16)27-20-12-21(26-13-25-20)28-19-3-1-2-10-24-19/h1-13,29H,(H2,24,25,26,27,28). The Morgan fingerprint density at radius 1 is 0.719 bits per heavy atom. The maximum Gasteiger partial charge on any atom is 0.264 e. The van der Waals surface area contributed by atoms with E-state index in [1.54, 1.807) is 36.5 Å². The van der Waals surface area contributed by atoms with Crippen molar-refractivity contribution in [1.29, 1.82) is 0 Å². The van der Waals surface area contributed by atoms with E-state index >= 15 is 0 Å². The largest absolute Gasteiger partial charge is 0.340 e. The molecule has 2 aromatic heterocycles. The molecule has 162 valence electrons. The molecule has 0 atom stereocenters. The first-order valence-corrected chi connectivity index (χ1v) is 10.7. The fraction of sp³-hybridized carbons (Fsp3) is 0. The molecule has 0 fully saturated rings. The number of hydrogen-bond acceptors (Lipinski definition) is 7. The van der Waals surface area contributed by atoms with Gasteiger partial charge < -0.3 is 10.6 Å². The van der Waals surface area contributed by atoms with Gasteiger partial charge in [-0.05, 0) is 48.5 Å². The first-order chi connectivity index (χ1) is 15.4. The summed E-state index contributed by atoms with van der Waals surface area (Å²) in [6, 6.07) is 15.6. The number of halogens is 2. The summed E-state index contributed by atoms with van der Waals surface area (Å²) >= 11 is 0. The molecule has 4 aromatic rings. The molecule has 0 unspecified atom stereocenters. The Morgan fingerprint density at radius 3 is 2.12 bits per heavy atom. The van der Waals surface area contributed by atoms with Crippen LogP contribution in [0.2, 0.25) is 0 Å². The van der Waals surface area contributed by atoms with Gasteiger partial charge in [-0.2, -0.15) is 0 Å². The predicted molar refractivity (Wildman–Crippen MR) is 116 cm³/mol.